The van der Waals surface area contributed by atoms with Gasteiger partial charge in [-0.05, 0) is 28.1 Å². The molecule has 9 heteroatoms. The van der Waals surface area contributed by atoms with Gasteiger partial charge in [0.2, 0.25) is 5.82 Å². The van der Waals surface area contributed by atoms with Crippen LogP contribution in [0.25, 0.3) is 0 Å². The minimum atomic E-state index is -2.26. The van der Waals surface area contributed by atoms with Crippen molar-refractivity contribution in [3.63, 3.8) is 0 Å². The Balaban J connectivity index is 2.33. The number of phenols is 1. The van der Waals surface area contributed by atoms with Crippen LogP contribution in [0.2, 0.25) is 0 Å². The number of hydrazone groups is 1. The molecular weight excluding hydrogens is 375 g/mol. The molecule has 2 N–H and O–H groups in total. The smallest absolute Gasteiger partial charge is 0.200 e. The molecule has 0 fully saturated rings. The Hall–Kier alpha value is -2.16. The summed E-state index contributed by atoms with van der Waals surface area (Å²) in [6, 6.07) is 4.50. The Morgan fingerprint density at radius 2 is 1.50 bits per heavy atom. The van der Waals surface area contributed by atoms with E-state index in [0.717, 1.165) is 6.21 Å². The molecule has 0 aliphatic rings. The molecule has 0 amide bonds. The predicted molar refractivity (Wildman–Crippen MR) is 73.3 cm³/mol. The highest BCUT2D eigenvalue weighted by molar-refractivity contribution is 9.10. The lowest BCUT2D eigenvalue weighted by Gasteiger charge is -2.07. The number of aromatic hydroxyl groups is 1. The van der Waals surface area contributed by atoms with Crippen LogP contribution in [0, 0.1) is 29.1 Å². The second-order valence-electron chi connectivity index (χ2n) is 3.99. The molecule has 3 nitrogen and oxygen atoms in total. The molecule has 0 saturated carbocycles. The van der Waals surface area contributed by atoms with Crippen LogP contribution in [0.5, 0.6) is 5.75 Å². The van der Waals surface area contributed by atoms with Crippen molar-refractivity contribution >= 4 is 27.8 Å². The van der Waals surface area contributed by atoms with E-state index in [9.17, 15) is 27.1 Å². The van der Waals surface area contributed by atoms with Crippen molar-refractivity contribution in [3.8, 4) is 5.75 Å². The number of phenolic OH excluding ortho intramolecular Hbond substituents is 1. The maximum Gasteiger partial charge on any atom is 0.200 e. The van der Waals surface area contributed by atoms with E-state index in [4.69, 9.17) is 0 Å². The summed E-state index contributed by atoms with van der Waals surface area (Å²) in [6.07, 6.45) is 0.956. The Bertz CT molecular complexity index is 738. The molecule has 2 aromatic carbocycles. The molecule has 22 heavy (non-hydrogen) atoms. The molecule has 2 aromatic rings. The predicted octanol–water partition coefficient (Wildman–Crippen LogP) is 4.30. The lowest BCUT2D eigenvalue weighted by molar-refractivity contribution is 0.381. The maximum atomic E-state index is 13.4. The number of halogens is 6. The van der Waals surface area contributed by atoms with Gasteiger partial charge in [-0.25, -0.2) is 22.0 Å². The fourth-order valence-electron chi connectivity index (χ4n) is 1.51. The summed E-state index contributed by atoms with van der Waals surface area (Å²) in [5, 5.41) is 13.0. The van der Waals surface area contributed by atoms with Gasteiger partial charge in [-0.15, -0.1) is 0 Å². The molecule has 0 aromatic heterocycles. The topological polar surface area (TPSA) is 44.6 Å². The third-order valence-electron chi connectivity index (χ3n) is 2.61. The van der Waals surface area contributed by atoms with Crippen LogP contribution in [0.3, 0.4) is 0 Å². The summed E-state index contributed by atoms with van der Waals surface area (Å²) in [7, 11) is 0. The zero-order valence-corrected chi connectivity index (χ0v) is 12.1. The average molecular weight is 381 g/mol. The van der Waals surface area contributed by atoms with Crippen molar-refractivity contribution < 1.29 is 27.1 Å². The number of benzene rings is 2. The Kier molecular flexibility index (Phi) is 4.65. The van der Waals surface area contributed by atoms with Gasteiger partial charge in [-0.3, -0.25) is 5.43 Å². The monoisotopic (exact) mass is 380 g/mol. The van der Waals surface area contributed by atoms with E-state index in [1.807, 2.05) is 0 Å². The van der Waals surface area contributed by atoms with Crippen molar-refractivity contribution in [2.45, 2.75) is 0 Å². The van der Waals surface area contributed by atoms with Crippen molar-refractivity contribution in [2.24, 2.45) is 5.10 Å². The molecule has 0 spiro atoms. The molecule has 0 unspecified atom stereocenters. The first-order chi connectivity index (χ1) is 10.3. The fraction of sp³-hybridized carbons (Fsp3) is 0. The Morgan fingerprint density at radius 1 is 0.955 bits per heavy atom. The highest BCUT2D eigenvalue weighted by atomic mass is 79.9. The van der Waals surface area contributed by atoms with E-state index < -0.39 is 34.8 Å². The van der Waals surface area contributed by atoms with E-state index in [1.54, 1.807) is 11.5 Å². The molecule has 0 heterocycles. The van der Waals surface area contributed by atoms with Gasteiger partial charge in [-0.2, -0.15) is 5.10 Å². The van der Waals surface area contributed by atoms with Crippen molar-refractivity contribution in [1.82, 2.24) is 0 Å². The van der Waals surface area contributed by atoms with Crippen LogP contribution in [-0.4, -0.2) is 11.3 Å². The summed E-state index contributed by atoms with van der Waals surface area (Å²) in [4.78, 5) is 0. The normalized spacial score (nSPS) is 11.2. The first-order valence-corrected chi connectivity index (χ1v) is 6.41. The van der Waals surface area contributed by atoms with E-state index in [-0.39, 0.29) is 11.3 Å². The van der Waals surface area contributed by atoms with Gasteiger partial charge in [-0.1, -0.05) is 6.07 Å². The fourth-order valence-corrected chi connectivity index (χ4v) is 1.89. The van der Waals surface area contributed by atoms with Crippen LogP contribution >= 0.6 is 15.9 Å². The van der Waals surface area contributed by atoms with Crippen LogP contribution in [0.15, 0.2) is 27.8 Å². The minimum absolute atomic E-state index is 0.158. The SMILES string of the molecule is Oc1c(Br)cccc1/C=N\Nc1c(F)c(F)c(F)c(F)c1F. The number of anilines is 1. The molecule has 0 aliphatic heterocycles. The van der Waals surface area contributed by atoms with Crippen LogP contribution in [0.1, 0.15) is 5.56 Å². The zero-order chi connectivity index (χ0) is 16.4. The standard InChI is InChI=1S/C13H6BrF5N2O/c14-6-3-1-2-5(13(6)22)4-20-21-12-10(18)8(16)7(15)9(17)11(12)19/h1-4,21-22H/b20-4-. The van der Waals surface area contributed by atoms with Crippen LogP contribution in [0.4, 0.5) is 27.6 Å². The highest BCUT2D eigenvalue weighted by Gasteiger charge is 2.25. The molecular formula is C13H6BrF5N2O. The summed E-state index contributed by atoms with van der Waals surface area (Å²) in [6.45, 7) is 0. The van der Waals surface area contributed by atoms with Gasteiger partial charge >= 0.3 is 0 Å². The Labute approximate surface area is 129 Å². The summed E-state index contributed by atoms with van der Waals surface area (Å²) < 4.78 is 65.8. The maximum absolute atomic E-state index is 13.4. The molecule has 2 rings (SSSR count). The second-order valence-corrected chi connectivity index (χ2v) is 4.85. The lowest BCUT2D eigenvalue weighted by Crippen LogP contribution is -2.06. The third kappa shape index (κ3) is 2.89. The molecule has 0 aliphatic carbocycles. The quantitative estimate of drug-likeness (QED) is 0.274. The van der Waals surface area contributed by atoms with Gasteiger partial charge in [0, 0.05) is 5.56 Å². The number of para-hydroxylation sites is 1. The molecule has 0 atom stereocenters. The summed E-state index contributed by atoms with van der Waals surface area (Å²) in [5.74, 6) is -10.7. The highest BCUT2D eigenvalue weighted by Crippen LogP contribution is 2.28. The Morgan fingerprint density at radius 3 is 2.09 bits per heavy atom. The number of hydrogen-bond donors (Lipinski definition) is 2. The van der Waals surface area contributed by atoms with Gasteiger partial charge in [0.15, 0.2) is 23.3 Å². The first kappa shape index (κ1) is 16.2. The van der Waals surface area contributed by atoms with Gasteiger partial charge in [0.05, 0.1) is 10.7 Å². The second kappa shape index (κ2) is 6.30. The number of rotatable bonds is 3. The summed E-state index contributed by atoms with van der Waals surface area (Å²) >= 11 is 3.04. The number of hydrogen-bond acceptors (Lipinski definition) is 3. The number of nitrogens with zero attached hydrogens (tertiary/aromatic N) is 1. The molecule has 0 radical (unpaired) electrons. The van der Waals surface area contributed by atoms with Crippen molar-refractivity contribution in [2.75, 3.05) is 5.43 Å². The van der Waals surface area contributed by atoms with Gasteiger partial charge in [0.1, 0.15) is 11.4 Å². The zero-order valence-electron chi connectivity index (χ0n) is 10.5. The molecule has 0 bridgehead atoms. The van der Waals surface area contributed by atoms with Crippen molar-refractivity contribution in [3.05, 3.63) is 57.3 Å². The molecule has 116 valence electrons. The van der Waals surface area contributed by atoms with E-state index in [2.05, 4.69) is 21.0 Å². The van der Waals surface area contributed by atoms with E-state index in [1.165, 1.54) is 12.1 Å². The van der Waals surface area contributed by atoms with E-state index >= 15 is 0 Å². The largest absolute Gasteiger partial charge is 0.506 e. The lowest BCUT2D eigenvalue weighted by atomic mass is 10.2. The van der Waals surface area contributed by atoms with Crippen LogP contribution in [-0.2, 0) is 0 Å². The van der Waals surface area contributed by atoms with Gasteiger partial charge < -0.3 is 5.11 Å². The van der Waals surface area contributed by atoms with Crippen LogP contribution < -0.4 is 5.43 Å². The van der Waals surface area contributed by atoms with Gasteiger partial charge in [0.25, 0.3) is 0 Å². The van der Waals surface area contributed by atoms with Crippen molar-refractivity contribution in [1.29, 1.82) is 0 Å². The minimum Gasteiger partial charge on any atom is -0.506 e. The first-order valence-electron chi connectivity index (χ1n) is 5.62. The molecule has 0 saturated heterocycles. The number of nitrogens with one attached hydrogen (secondary N) is 1. The van der Waals surface area contributed by atoms with E-state index in [0.29, 0.717) is 4.47 Å². The average Bonchev–Trinajstić information content (AvgIpc) is 2.50. The third-order valence-corrected chi connectivity index (χ3v) is 3.25. The summed E-state index contributed by atoms with van der Waals surface area (Å²) in [5.41, 5.74) is 0.600.